The third kappa shape index (κ3) is 5.74. The molecule has 12 heteroatoms. The molecule has 2 atom stereocenters. The number of halogens is 4. The van der Waals surface area contributed by atoms with Gasteiger partial charge in [0.1, 0.15) is 11.5 Å². The summed E-state index contributed by atoms with van der Waals surface area (Å²) in [5.41, 5.74) is 15.7. The van der Waals surface area contributed by atoms with E-state index in [1.807, 2.05) is 25.3 Å². The number of carbonyl (C=O) groups is 1. The average Bonchev–Trinajstić information content (AvgIpc) is 3.37. The van der Waals surface area contributed by atoms with Crippen LogP contribution in [0.5, 0.6) is 0 Å². The number of aliphatic carboxylic acids is 1. The summed E-state index contributed by atoms with van der Waals surface area (Å²) < 4.78 is 47.5. The van der Waals surface area contributed by atoms with Crippen molar-refractivity contribution in [1.29, 1.82) is 0 Å². The number of fused-ring (bicyclic) bond motifs is 1. The lowest BCUT2D eigenvalue weighted by atomic mass is 9.94. The van der Waals surface area contributed by atoms with E-state index in [0.29, 0.717) is 11.3 Å². The molecule has 2 aromatic heterocycles. The van der Waals surface area contributed by atoms with Crippen LogP contribution in [0.15, 0.2) is 36.7 Å². The minimum absolute atomic E-state index is 0.0518. The smallest absolute Gasteiger partial charge is 0.475 e. The molecule has 4 rings (SSSR count). The highest BCUT2D eigenvalue weighted by Crippen LogP contribution is 2.40. The number of benzene rings is 1. The molecule has 1 aliphatic heterocycles. The summed E-state index contributed by atoms with van der Waals surface area (Å²) in [4.78, 5) is 15.4. The van der Waals surface area contributed by atoms with Crippen LogP contribution in [0, 0.1) is 5.82 Å². The molecule has 0 aliphatic carbocycles. The largest absolute Gasteiger partial charge is 0.490 e. The molecule has 0 unspecified atom stereocenters. The Morgan fingerprint density at radius 3 is 2.68 bits per heavy atom. The van der Waals surface area contributed by atoms with Crippen molar-refractivity contribution >= 4 is 23.1 Å². The number of carboxylic acid groups (broad SMARTS) is 1. The van der Waals surface area contributed by atoms with Crippen LogP contribution in [-0.4, -0.2) is 44.4 Å². The van der Waals surface area contributed by atoms with E-state index in [0.717, 1.165) is 49.2 Å². The first-order valence-corrected chi connectivity index (χ1v) is 10.7. The average molecular weight is 482 g/mol. The fraction of sp³-hybridized carbons (Fsp3) is 0.409. The summed E-state index contributed by atoms with van der Waals surface area (Å²) in [6, 6.07) is 7.06. The summed E-state index contributed by atoms with van der Waals surface area (Å²) in [5.74, 6) is -2.25. The van der Waals surface area contributed by atoms with E-state index in [4.69, 9.17) is 21.4 Å². The van der Waals surface area contributed by atoms with Gasteiger partial charge in [0.25, 0.3) is 0 Å². The molecule has 8 nitrogen and oxygen atoms in total. The molecule has 1 aliphatic rings. The van der Waals surface area contributed by atoms with Gasteiger partial charge in [0, 0.05) is 25.0 Å². The number of aryl methyl sites for hydroxylation is 1. The molecular formula is C22H26F4N6O2. The first-order chi connectivity index (χ1) is 16.0. The number of carboxylic acids is 1. The van der Waals surface area contributed by atoms with E-state index in [1.165, 1.54) is 6.07 Å². The van der Waals surface area contributed by atoms with Gasteiger partial charge in [-0.05, 0) is 61.9 Å². The maximum atomic E-state index is 14.1. The second-order valence-corrected chi connectivity index (χ2v) is 8.14. The Kier molecular flexibility index (Phi) is 7.60. The molecular weight excluding hydrogens is 456 g/mol. The van der Waals surface area contributed by atoms with E-state index < -0.39 is 12.1 Å². The van der Waals surface area contributed by atoms with Gasteiger partial charge in [0.05, 0.1) is 6.04 Å². The molecule has 0 spiro atoms. The Balaban J connectivity index is 0.000000406. The number of nitrogens with zero attached hydrogens (tertiary/aromatic N) is 4. The molecule has 5 N–H and O–H groups in total. The van der Waals surface area contributed by atoms with Gasteiger partial charge in [0.2, 0.25) is 0 Å². The molecule has 0 bridgehead atoms. The lowest BCUT2D eigenvalue weighted by Gasteiger charge is -2.27. The summed E-state index contributed by atoms with van der Waals surface area (Å²) >= 11 is 0. The van der Waals surface area contributed by atoms with Gasteiger partial charge < -0.3 is 21.5 Å². The van der Waals surface area contributed by atoms with Gasteiger partial charge in [-0.3, -0.25) is 0 Å². The maximum absolute atomic E-state index is 14.1. The van der Waals surface area contributed by atoms with Crippen molar-refractivity contribution in [3.05, 3.63) is 53.6 Å². The zero-order valence-electron chi connectivity index (χ0n) is 18.5. The molecule has 34 heavy (non-hydrogen) atoms. The Bertz CT molecular complexity index is 1150. The van der Waals surface area contributed by atoms with Crippen LogP contribution in [0.2, 0.25) is 0 Å². The Morgan fingerprint density at radius 2 is 2.06 bits per heavy atom. The molecule has 184 valence electrons. The summed E-state index contributed by atoms with van der Waals surface area (Å²) in [5, 5.41) is 11.8. The quantitative estimate of drug-likeness (QED) is 0.474. The van der Waals surface area contributed by atoms with E-state index in [9.17, 15) is 17.6 Å². The Morgan fingerprint density at radius 1 is 1.35 bits per heavy atom. The number of hydrogen-bond acceptors (Lipinski definition) is 6. The van der Waals surface area contributed by atoms with Crippen molar-refractivity contribution in [1.82, 2.24) is 14.6 Å². The third-order valence-corrected chi connectivity index (χ3v) is 5.51. The first kappa shape index (κ1) is 25.2. The van der Waals surface area contributed by atoms with Gasteiger partial charge in [-0.15, -0.1) is 5.10 Å². The van der Waals surface area contributed by atoms with Crippen LogP contribution >= 0.6 is 0 Å². The molecule has 3 aromatic rings. The van der Waals surface area contributed by atoms with Crippen LogP contribution in [0.1, 0.15) is 43.4 Å². The number of hydrogen-bond donors (Lipinski definition) is 3. The minimum atomic E-state index is -5.08. The molecule has 0 saturated carbocycles. The monoisotopic (exact) mass is 482 g/mol. The summed E-state index contributed by atoms with van der Waals surface area (Å²) in [6.45, 7) is 2.83. The van der Waals surface area contributed by atoms with Crippen LogP contribution in [0.4, 0.5) is 29.1 Å². The zero-order chi connectivity index (χ0) is 25.0. The van der Waals surface area contributed by atoms with Crippen molar-refractivity contribution in [2.45, 2.75) is 50.9 Å². The third-order valence-electron chi connectivity index (χ3n) is 5.51. The predicted molar refractivity (Wildman–Crippen MR) is 119 cm³/mol. The van der Waals surface area contributed by atoms with Crippen molar-refractivity contribution in [2.24, 2.45) is 5.73 Å². The normalized spacial score (nSPS) is 16.9. The van der Waals surface area contributed by atoms with Crippen molar-refractivity contribution in [3.63, 3.8) is 0 Å². The number of nitrogen functional groups attached to an aromatic ring is 1. The van der Waals surface area contributed by atoms with E-state index in [-0.39, 0.29) is 17.9 Å². The van der Waals surface area contributed by atoms with Gasteiger partial charge in [-0.25, -0.2) is 18.7 Å². The van der Waals surface area contributed by atoms with Crippen molar-refractivity contribution in [2.75, 3.05) is 17.2 Å². The SMILES string of the molecule is C[C@@H](N)CCc1ccc(F)cc1[C@H]1CCCN1c1nn2cccnc2c1N.O=C(O)C(F)(F)F. The number of rotatable bonds is 5. The van der Waals surface area contributed by atoms with Crippen LogP contribution in [-0.2, 0) is 11.2 Å². The van der Waals surface area contributed by atoms with E-state index in [1.54, 1.807) is 16.8 Å². The van der Waals surface area contributed by atoms with E-state index in [2.05, 4.69) is 15.0 Å². The first-order valence-electron chi connectivity index (χ1n) is 10.7. The Labute approximate surface area is 193 Å². The maximum Gasteiger partial charge on any atom is 0.490 e. The molecule has 0 radical (unpaired) electrons. The van der Waals surface area contributed by atoms with Gasteiger partial charge in [0.15, 0.2) is 11.5 Å². The van der Waals surface area contributed by atoms with Crippen LogP contribution in [0.3, 0.4) is 0 Å². The van der Waals surface area contributed by atoms with Gasteiger partial charge in [-0.2, -0.15) is 13.2 Å². The number of anilines is 2. The minimum Gasteiger partial charge on any atom is -0.475 e. The standard InChI is InChI=1S/C20H25FN6.C2HF3O2/c1-13(22)5-6-14-7-8-15(21)12-16(14)17-4-2-10-26(17)20-18(23)19-24-9-3-11-27(19)25-20;3-2(4,5)1(6)7/h3,7-9,11-13,17H,2,4-6,10,22-23H2,1H3;(H,6,7)/t13-,17-;/m1./s1. The molecule has 1 aromatic carbocycles. The number of alkyl halides is 3. The lowest BCUT2D eigenvalue weighted by molar-refractivity contribution is -0.192. The molecule has 3 heterocycles. The molecule has 0 amide bonds. The number of nitrogens with two attached hydrogens (primary N) is 2. The van der Waals surface area contributed by atoms with Gasteiger partial charge in [-0.1, -0.05) is 6.07 Å². The topological polar surface area (TPSA) is 123 Å². The summed E-state index contributed by atoms with van der Waals surface area (Å²) in [6.07, 6.45) is 2.11. The lowest BCUT2D eigenvalue weighted by Crippen LogP contribution is -2.25. The van der Waals surface area contributed by atoms with Crippen LogP contribution in [0.25, 0.3) is 5.65 Å². The Hall–Kier alpha value is -3.41. The fourth-order valence-electron chi connectivity index (χ4n) is 3.94. The highest BCUT2D eigenvalue weighted by Gasteiger charge is 2.38. The van der Waals surface area contributed by atoms with Gasteiger partial charge >= 0.3 is 12.1 Å². The van der Waals surface area contributed by atoms with Crippen LogP contribution < -0.4 is 16.4 Å². The molecule has 1 fully saturated rings. The van der Waals surface area contributed by atoms with E-state index >= 15 is 0 Å². The number of aromatic nitrogens is 3. The summed E-state index contributed by atoms with van der Waals surface area (Å²) in [7, 11) is 0. The highest BCUT2D eigenvalue weighted by molar-refractivity contribution is 5.79. The fourth-order valence-corrected chi connectivity index (χ4v) is 3.94. The van der Waals surface area contributed by atoms with Crippen molar-refractivity contribution < 1.29 is 27.5 Å². The second kappa shape index (κ2) is 10.2. The molecule has 1 saturated heterocycles. The predicted octanol–water partition coefficient (Wildman–Crippen LogP) is 3.71. The zero-order valence-corrected chi connectivity index (χ0v) is 18.5. The highest BCUT2D eigenvalue weighted by atomic mass is 19.4. The van der Waals surface area contributed by atoms with Crippen molar-refractivity contribution in [3.8, 4) is 0 Å². The second-order valence-electron chi connectivity index (χ2n) is 8.14.